The van der Waals surface area contributed by atoms with Crippen LogP contribution in [0.1, 0.15) is 49.8 Å². The van der Waals surface area contributed by atoms with Crippen LogP contribution in [0.3, 0.4) is 0 Å². The second-order valence-electron chi connectivity index (χ2n) is 7.73. The van der Waals surface area contributed by atoms with Crippen molar-refractivity contribution in [2.75, 3.05) is 10.6 Å². The number of carbonyl (C=O) groups is 2. The standard InChI is InChI=1S/C21H22N8O2/c1-2-16(12-5-7-22-8-6-12)25-20-27-18-14(9-13-10-17(30)26-19(13)31)11-23-29(18)21(28-20)24-15-3-4-15/h5-9,11,15-16H,2-4,10H2,1H3,(H,26,30,31)(H2,24,25,27,28)/b13-9+. The van der Waals surface area contributed by atoms with Crippen LogP contribution in [0.2, 0.25) is 0 Å². The highest BCUT2D eigenvalue weighted by molar-refractivity contribution is 6.15. The summed E-state index contributed by atoms with van der Waals surface area (Å²) in [6, 6.07) is 4.32. The molecule has 0 spiro atoms. The molecule has 4 heterocycles. The topological polar surface area (TPSA) is 126 Å². The maximum absolute atomic E-state index is 12.0. The summed E-state index contributed by atoms with van der Waals surface area (Å²) in [5.74, 6) is 0.378. The minimum Gasteiger partial charge on any atom is -0.351 e. The zero-order chi connectivity index (χ0) is 21.4. The molecule has 1 aliphatic heterocycles. The van der Waals surface area contributed by atoms with Crippen molar-refractivity contribution in [3.8, 4) is 0 Å². The molecular weight excluding hydrogens is 396 g/mol. The molecule has 10 heteroatoms. The summed E-state index contributed by atoms with van der Waals surface area (Å²) in [6.45, 7) is 2.09. The fraction of sp³-hybridized carbons (Fsp3) is 0.333. The van der Waals surface area contributed by atoms with Gasteiger partial charge in [-0.25, -0.2) is 0 Å². The van der Waals surface area contributed by atoms with Gasteiger partial charge in [0.2, 0.25) is 17.8 Å². The van der Waals surface area contributed by atoms with Crippen molar-refractivity contribution < 1.29 is 9.59 Å². The van der Waals surface area contributed by atoms with Crippen LogP contribution < -0.4 is 16.0 Å². The van der Waals surface area contributed by atoms with E-state index in [1.807, 2.05) is 12.1 Å². The Morgan fingerprint density at radius 2 is 2.06 bits per heavy atom. The molecule has 5 rings (SSSR count). The zero-order valence-electron chi connectivity index (χ0n) is 17.0. The monoisotopic (exact) mass is 418 g/mol. The van der Waals surface area contributed by atoms with Gasteiger partial charge in [-0.3, -0.25) is 19.9 Å². The van der Waals surface area contributed by atoms with Crippen molar-refractivity contribution in [3.05, 3.63) is 47.4 Å². The third-order valence-corrected chi connectivity index (χ3v) is 5.35. The van der Waals surface area contributed by atoms with E-state index in [0.717, 1.165) is 24.8 Å². The Bertz CT molecular complexity index is 1180. The molecule has 3 aromatic heterocycles. The molecule has 1 aliphatic carbocycles. The number of amides is 2. The normalized spacial score (nSPS) is 18.4. The van der Waals surface area contributed by atoms with E-state index in [4.69, 9.17) is 0 Å². The number of carbonyl (C=O) groups excluding carboxylic acids is 2. The van der Waals surface area contributed by atoms with E-state index in [2.05, 4.69) is 42.9 Å². The molecule has 3 N–H and O–H groups in total. The van der Waals surface area contributed by atoms with Crippen LogP contribution in [-0.4, -0.2) is 42.4 Å². The lowest BCUT2D eigenvalue weighted by Crippen LogP contribution is -2.19. The number of nitrogens with one attached hydrogen (secondary N) is 3. The number of aromatic nitrogens is 5. The summed E-state index contributed by atoms with van der Waals surface area (Å²) in [6.07, 6.45) is 9.89. The van der Waals surface area contributed by atoms with Gasteiger partial charge in [-0.15, -0.1) is 0 Å². The summed E-state index contributed by atoms with van der Waals surface area (Å²) in [7, 11) is 0. The molecule has 2 fully saturated rings. The van der Waals surface area contributed by atoms with Crippen LogP contribution in [-0.2, 0) is 9.59 Å². The van der Waals surface area contributed by atoms with E-state index in [1.165, 1.54) is 0 Å². The second-order valence-corrected chi connectivity index (χ2v) is 7.73. The predicted molar refractivity (Wildman–Crippen MR) is 114 cm³/mol. The van der Waals surface area contributed by atoms with Gasteiger partial charge in [0.15, 0.2) is 5.65 Å². The first-order valence-corrected chi connectivity index (χ1v) is 10.3. The molecule has 31 heavy (non-hydrogen) atoms. The number of fused-ring (bicyclic) bond motifs is 1. The van der Waals surface area contributed by atoms with Crippen molar-refractivity contribution >= 4 is 35.4 Å². The summed E-state index contributed by atoms with van der Waals surface area (Å²) < 4.78 is 1.64. The molecule has 1 saturated carbocycles. The van der Waals surface area contributed by atoms with Gasteiger partial charge in [-0.2, -0.15) is 19.6 Å². The molecule has 0 bridgehead atoms. The summed E-state index contributed by atoms with van der Waals surface area (Å²) in [5.41, 5.74) is 2.70. The average Bonchev–Trinajstić information content (AvgIpc) is 3.41. The third kappa shape index (κ3) is 3.96. The molecule has 0 aromatic carbocycles. The Morgan fingerprint density at radius 1 is 1.26 bits per heavy atom. The fourth-order valence-corrected chi connectivity index (χ4v) is 3.55. The number of nitrogens with zero attached hydrogens (tertiary/aromatic N) is 5. The number of pyridine rings is 1. The number of anilines is 2. The van der Waals surface area contributed by atoms with Crippen molar-refractivity contribution in [2.24, 2.45) is 0 Å². The highest BCUT2D eigenvalue weighted by Crippen LogP contribution is 2.27. The van der Waals surface area contributed by atoms with Crippen LogP contribution in [0.5, 0.6) is 0 Å². The van der Waals surface area contributed by atoms with Gasteiger partial charge in [0.05, 0.1) is 18.7 Å². The average molecular weight is 418 g/mol. The Labute approximate surface area is 178 Å². The van der Waals surface area contributed by atoms with E-state index in [0.29, 0.717) is 34.7 Å². The molecule has 3 aromatic rings. The van der Waals surface area contributed by atoms with Crippen molar-refractivity contribution in [1.82, 2.24) is 29.9 Å². The van der Waals surface area contributed by atoms with E-state index >= 15 is 0 Å². The van der Waals surface area contributed by atoms with Crippen LogP contribution in [0.25, 0.3) is 11.7 Å². The van der Waals surface area contributed by atoms with E-state index in [-0.39, 0.29) is 24.3 Å². The molecule has 158 valence electrons. The Kier molecular flexibility index (Phi) is 4.81. The summed E-state index contributed by atoms with van der Waals surface area (Å²) in [4.78, 5) is 37.0. The largest absolute Gasteiger partial charge is 0.351 e. The minimum atomic E-state index is -0.378. The second kappa shape index (κ2) is 7.78. The third-order valence-electron chi connectivity index (χ3n) is 5.35. The van der Waals surface area contributed by atoms with Crippen molar-refractivity contribution in [1.29, 1.82) is 0 Å². The SMILES string of the molecule is CCC(Nc1nc(NC2CC2)n2ncc(/C=C3\CC(=O)NC3=O)c2n1)c1ccncc1. The van der Waals surface area contributed by atoms with Crippen molar-refractivity contribution in [3.63, 3.8) is 0 Å². The molecule has 10 nitrogen and oxygen atoms in total. The Balaban J connectivity index is 1.54. The molecule has 1 atom stereocenters. The highest BCUT2D eigenvalue weighted by atomic mass is 16.2. The first-order chi connectivity index (χ1) is 15.1. The highest BCUT2D eigenvalue weighted by Gasteiger charge is 2.26. The number of hydrogen-bond donors (Lipinski definition) is 3. The molecule has 2 amide bonds. The first-order valence-electron chi connectivity index (χ1n) is 10.3. The number of imide groups is 1. The lowest BCUT2D eigenvalue weighted by Gasteiger charge is -2.18. The van der Waals surface area contributed by atoms with E-state index < -0.39 is 0 Å². The summed E-state index contributed by atoms with van der Waals surface area (Å²) >= 11 is 0. The van der Waals surface area contributed by atoms with Crippen LogP contribution in [0.15, 0.2) is 36.3 Å². The number of hydrogen-bond acceptors (Lipinski definition) is 8. The van der Waals surface area contributed by atoms with Crippen LogP contribution >= 0.6 is 0 Å². The van der Waals surface area contributed by atoms with Gasteiger partial charge >= 0.3 is 0 Å². The molecule has 0 radical (unpaired) electrons. The predicted octanol–water partition coefficient (Wildman–Crippen LogP) is 2.09. The van der Waals surface area contributed by atoms with Gasteiger partial charge in [0.1, 0.15) is 0 Å². The summed E-state index contributed by atoms with van der Waals surface area (Å²) in [5, 5.41) is 13.5. The maximum Gasteiger partial charge on any atom is 0.254 e. The van der Waals surface area contributed by atoms with Crippen molar-refractivity contribution in [2.45, 2.75) is 44.7 Å². The van der Waals surface area contributed by atoms with Crippen LogP contribution in [0.4, 0.5) is 11.9 Å². The smallest absolute Gasteiger partial charge is 0.254 e. The molecular formula is C21H22N8O2. The first kappa shape index (κ1) is 19.2. The quantitative estimate of drug-likeness (QED) is 0.393. The molecule has 1 saturated heterocycles. The molecule has 1 unspecified atom stereocenters. The van der Waals surface area contributed by atoms with Gasteiger partial charge in [0, 0.05) is 29.6 Å². The Morgan fingerprint density at radius 3 is 2.74 bits per heavy atom. The van der Waals surface area contributed by atoms with Gasteiger partial charge < -0.3 is 10.6 Å². The minimum absolute atomic E-state index is 0.0159. The van der Waals surface area contributed by atoms with Crippen LogP contribution in [0, 0.1) is 0 Å². The Hall–Kier alpha value is -3.82. The van der Waals surface area contributed by atoms with E-state index in [1.54, 1.807) is 29.2 Å². The lowest BCUT2D eigenvalue weighted by molar-refractivity contribution is -0.124. The zero-order valence-corrected chi connectivity index (χ0v) is 17.0. The van der Waals surface area contributed by atoms with Gasteiger partial charge in [-0.1, -0.05) is 6.92 Å². The van der Waals surface area contributed by atoms with Gasteiger partial charge in [-0.05, 0) is 43.0 Å². The number of rotatable bonds is 7. The lowest BCUT2D eigenvalue weighted by atomic mass is 10.1. The maximum atomic E-state index is 12.0. The van der Waals surface area contributed by atoms with E-state index in [9.17, 15) is 9.59 Å². The van der Waals surface area contributed by atoms with Gasteiger partial charge in [0.25, 0.3) is 5.91 Å². The molecule has 2 aliphatic rings. The fourth-order valence-electron chi connectivity index (χ4n) is 3.55.